The van der Waals surface area contributed by atoms with Gasteiger partial charge in [-0.2, -0.15) is 5.10 Å². The lowest BCUT2D eigenvalue weighted by Gasteiger charge is -2.03. The number of nitrogens with zero attached hydrogens (tertiary/aromatic N) is 1. The molecule has 4 nitrogen and oxygen atoms in total. The van der Waals surface area contributed by atoms with Crippen LogP contribution in [0.5, 0.6) is 0 Å². The molecule has 2 aromatic heterocycles. The van der Waals surface area contributed by atoms with Crippen LogP contribution in [-0.2, 0) is 11.3 Å². The third kappa shape index (κ3) is 3.38. The van der Waals surface area contributed by atoms with Crippen molar-refractivity contribution in [3.8, 4) is 10.6 Å². The fourth-order valence-corrected chi connectivity index (χ4v) is 2.92. The van der Waals surface area contributed by atoms with Gasteiger partial charge in [0.2, 0.25) is 0 Å². The van der Waals surface area contributed by atoms with Crippen LogP contribution in [0.2, 0.25) is 0 Å². The van der Waals surface area contributed by atoms with E-state index in [0.29, 0.717) is 0 Å². The Morgan fingerprint density at radius 1 is 1.53 bits per heavy atom. The number of thiophene rings is 1. The lowest BCUT2D eigenvalue weighted by Crippen LogP contribution is -2.18. The number of hydrogen-bond donors (Lipinski definition) is 2. The largest absolute Gasteiger partial charge is 0.383 e. The van der Waals surface area contributed by atoms with E-state index in [9.17, 15) is 0 Å². The molecule has 2 heterocycles. The molecule has 0 bridgehead atoms. The molecule has 2 N–H and O–H groups in total. The zero-order valence-electron chi connectivity index (χ0n) is 9.50. The SMILES string of the molecule is COCCNCc1cn[nH]c1-c1ccc(Br)s1. The van der Waals surface area contributed by atoms with Crippen molar-refractivity contribution in [3.63, 3.8) is 0 Å². The van der Waals surface area contributed by atoms with E-state index in [1.165, 1.54) is 10.4 Å². The van der Waals surface area contributed by atoms with Crippen molar-refractivity contribution < 1.29 is 4.74 Å². The lowest BCUT2D eigenvalue weighted by atomic mass is 10.2. The van der Waals surface area contributed by atoms with Gasteiger partial charge in [0.05, 0.1) is 27.2 Å². The molecule has 0 amide bonds. The minimum Gasteiger partial charge on any atom is -0.383 e. The molecule has 0 saturated carbocycles. The predicted octanol–water partition coefficient (Wildman–Crippen LogP) is 2.64. The number of methoxy groups -OCH3 is 1. The van der Waals surface area contributed by atoms with Gasteiger partial charge < -0.3 is 10.1 Å². The molecular weight excluding hydrogens is 302 g/mol. The van der Waals surface area contributed by atoms with E-state index in [-0.39, 0.29) is 0 Å². The molecule has 2 rings (SSSR count). The van der Waals surface area contributed by atoms with Gasteiger partial charge in [-0.05, 0) is 28.1 Å². The van der Waals surface area contributed by atoms with Gasteiger partial charge in [-0.3, -0.25) is 5.10 Å². The Morgan fingerprint density at radius 2 is 2.41 bits per heavy atom. The molecule has 92 valence electrons. The highest BCUT2D eigenvalue weighted by Gasteiger charge is 2.09. The van der Waals surface area contributed by atoms with Crippen molar-refractivity contribution in [2.45, 2.75) is 6.54 Å². The van der Waals surface area contributed by atoms with Crippen molar-refractivity contribution >= 4 is 27.3 Å². The Labute approximate surface area is 113 Å². The highest BCUT2D eigenvalue weighted by molar-refractivity contribution is 9.11. The summed E-state index contributed by atoms with van der Waals surface area (Å²) in [5.74, 6) is 0. The Hall–Kier alpha value is -0.690. The number of ether oxygens (including phenoxy) is 1. The van der Waals surface area contributed by atoms with Gasteiger partial charge in [0.25, 0.3) is 0 Å². The second-order valence-electron chi connectivity index (χ2n) is 3.54. The van der Waals surface area contributed by atoms with Crippen molar-refractivity contribution in [1.82, 2.24) is 15.5 Å². The first-order valence-electron chi connectivity index (χ1n) is 5.29. The van der Waals surface area contributed by atoms with Gasteiger partial charge in [0.1, 0.15) is 0 Å². The summed E-state index contributed by atoms with van der Waals surface area (Å²) in [6.45, 7) is 2.36. The molecule has 0 radical (unpaired) electrons. The lowest BCUT2D eigenvalue weighted by molar-refractivity contribution is 0.199. The molecule has 0 aliphatic rings. The summed E-state index contributed by atoms with van der Waals surface area (Å²) in [6.07, 6.45) is 1.86. The van der Waals surface area contributed by atoms with E-state index in [4.69, 9.17) is 4.74 Å². The molecule has 0 fully saturated rings. The molecule has 0 aliphatic heterocycles. The quantitative estimate of drug-likeness (QED) is 0.806. The number of halogens is 1. The number of rotatable bonds is 6. The van der Waals surface area contributed by atoms with Gasteiger partial charge in [-0.1, -0.05) is 0 Å². The van der Waals surface area contributed by atoms with Crippen LogP contribution < -0.4 is 5.32 Å². The van der Waals surface area contributed by atoms with E-state index in [0.717, 1.165) is 29.2 Å². The van der Waals surface area contributed by atoms with Gasteiger partial charge >= 0.3 is 0 Å². The number of hydrogen-bond acceptors (Lipinski definition) is 4. The van der Waals surface area contributed by atoms with Crippen LogP contribution in [0.25, 0.3) is 10.6 Å². The molecule has 17 heavy (non-hydrogen) atoms. The standard InChI is InChI=1S/C11H14BrN3OS/c1-16-5-4-13-6-8-7-14-15-11(8)9-2-3-10(12)17-9/h2-3,7,13H,4-6H2,1H3,(H,14,15). The summed E-state index contributed by atoms with van der Waals surface area (Å²) < 4.78 is 6.11. The van der Waals surface area contributed by atoms with Gasteiger partial charge in [0.15, 0.2) is 0 Å². The van der Waals surface area contributed by atoms with E-state index in [1.54, 1.807) is 18.4 Å². The first kappa shape index (κ1) is 12.8. The zero-order chi connectivity index (χ0) is 12.1. The Morgan fingerprint density at radius 3 is 3.12 bits per heavy atom. The molecule has 0 aromatic carbocycles. The smallest absolute Gasteiger partial charge is 0.0795 e. The Kier molecular flexibility index (Phi) is 4.73. The molecule has 0 saturated heterocycles. The van der Waals surface area contributed by atoms with E-state index < -0.39 is 0 Å². The van der Waals surface area contributed by atoms with Crippen LogP contribution in [0.1, 0.15) is 5.56 Å². The Bertz CT molecular complexity index is 469. The molecule has 0 aliphatic carbocycles. The third-order valence-corrected chi connectivity index (χ3v) is 3.98. The average Bonchev–Trinajstić information content (AvgIpc) is 2.93. The van der Waals surface area contributed by atoms with E-state index >= 15 is 0 Å². The second kappa shape index (κ2) is 6.30. The summed E-state index contributed by atoms with van der Waals surface area (Å²) in [5.41, 5.74) is 2.26. The fraction of sp³-hybridized carbons (Fsp3) is 0.364. The molecule has 0 unspecified atom stereocenters. The van der Waals surface area contributed by atoms with E-state index in [1.807, 2.05) is 12.3 Å². The minimum absolute atomic E-state index is 0.720. The summed E-state index contributed by atoms with van der Waals surface area (Å²) in [5, 5.41) is 10.5. The summed E-state index contributed by atoms with van der Waals surface area (Å²) in [7, 11) is 1.70. The molecule has 0 atom stereocenters. The third-order valence-electron chi connectivity index (χ3n) is 2.34. The summed E-state index contributed by atoms with van der Waals surface area (Å²) >= 11 is 5.16. The molecule has 6 heteroatoms. The topological polar surface area (TPSA) is 49.9 Å². The van der Waals surface area contributed by atoms with Crippen molar-refractivity contribution in [2.75, 3.05) is 20.3 Å². The number of nitrogens with one attached hydrogen (secondary N) is 2. The van der Waals surface area contributed by atoms with E-state index in [2.05, 4.69) is 37.5 Å². The van der Waals surface area contributed by atoms with Gasteiger partial charge in [0, 0.05) is 25.8 Å². The maximum Gasteiger partial charge on any atom is 0.0795 e. The van der Waals surface area contributed by atoms with Crippen molar-refractivity contribution in [2.24, 2.45) is 0 Å². The van der Waals surface area contributed by atoms with Gasteiger partial charge in [-0.15, -0.1) is 11.3 Å². The maximum atomic E-state index is 4.99. The van der Waals surface area contributed by atoms with Crippen LogP contribution in [0, 0.1) is 0 Å². The molecule has 2 aromatic rings. The summed E-state index contributed by atoms with van der Waals surface area (Å²) in [4.78, 5) is 1.19. The highest BCUT2D eigenvalue weighted by Crippen LogP contribution is 2.31. The van der Waals surface area contributed by atoms with Crippen LogP contribution >= 0.6 is 27.3 Å². The average molecular weight is 316 g/mol. The number of aromatic nitrogens is 2. The van der Waals surface area contributed by atoms with Crippen LogP contribution in [0.3, 0.4) is 0 Å². The first-order valence-corrected chi connectivity index (χ1v) is 6.90. The normalized spacial score (nSPS) is 10.9. The van der Waals surface area contributed by atoms with Crippen LogP contribution in [-0.4, -0.2) is 30.5 Å². The molecule has 0 spiro atoms. The van der Waals surface area contributed by atoms with Crippen LogP contribution in [0.4, 0.5) is 0 Å². The van der Waals surface area contributed by atoms with Crippen molar-refractivity contribution in [1.29, 1.82) is 0 Å². The highest BCUT2D eigenvalue weighted by atomic mass is 79.9. The zero-order valence-corrected chi connectivity index (χ0v) is 11.9. The van der Waals surface area contributed by atoms with Crippen molar-refractivity contribution in [3.05, 3.63) is 27.7 Å². The van der Waals surface area contributed by atoms with Crippen LogP contribution in [0.15, 0.2) is 22.1 Å². The Balaban J connectivity index is 2.02. The monoisotopic (exact) mass is 315 g/mol. The number of aromatic amines is 1. The van der Waals surface area contributed by atoms with Gasteiger partial charge in [-0.25, -0.2) is 0 Å². The summed E-state index contributed by atoms with van der Waals surface area (Å²) in [6, 6.07) is 4.13. The fourth-order valence-electron chi connectivity index (χ4n) is 1.50. The minimum atomic E-state index is 0.720. The predicted molar refractivity (Wildman–Crippen MR) is 73.2 cm³/mol. The second-order valence-corrected chi connectivity index (χ2v) is 6.01. The number of H-pyrrole nitrogens is 1. The maximum absolute atomic E-state index is 4.99. The first-order chi connectivity index (χ1) is 8.31. The molecular formula is C11H14BrN3OS.